The summed E-state index contributed by atoms with van der Waals surface area (Å²) in [7, 11) is 0. The average molecular weight is 557 g/mol. The van der Waals surface area contributed by atoms with E-state index in [2.05, 4.69) is 25.0 Å². The number of nitrogens with zero attached hydrogens (tertiary/aromatic N) is 4. The maximum atomic E-state index is 14.1. The van der Waals surface area contributed by atoms with Crippen molar-refractivity contribution in [3.63, 3.8) is 0 Å². The van der Waals surface area contributed by atoms with Crippen molar-refractivity contribution in [3.8, 4) is 28.4 Å². The molecule has 0 spiro atoms. The lowest BCUT2D eigenvalue weighted by Crippen LogP contribution is -2.45. The molecule has 0 aliphatic carbocycles. The predicted octanol–water partition coefficient (Wildman–Crippen LogP) is 6.23. The van der Waals surface area contributed by atoms with Gasteiger partial charge in [-0.15, -0.1) is 0 Å². The van der Waals surface area contributed by atoms with Crippen LogP contribution >= 0.6 is 0 Å². The molecule has 2 aromatic heterocycles. The molecule has 1 aliphatic heterocycles. The molecule has 0 amide bonds. The maximum Gasteiger partial charge on any atom is 0.439 e. The van der Waals surface area contributed by atoms with E-state index in [9.17, 15) is 35.1 Å². The molecular weight excluding hydrogens is 542 g/mol. The third-order valence-corrected chi connectivity index (χ3v) is 5.59. The third-order valence-electron chi connectivity index (χ3n) is 5.59. The van der Waals surface area contributed by atoms with Crippen molar-refractivity contribution in [2.75, 3.05) is 0 Å². The number of benzene rings is 2. The lowest BCUT2D eigenvalue weighted by Gasteiger charge is -2.23. The first-order valence-electron chi connectivity index (χ1n) is 11.1. The van der Waals surface area contributed by atoms with Gasteiger partial charge in [0, 0.05) is 11.6 Å². The first-order chi connectivity index (χ1) is 18.4. The van der Waals surface area contributed by atoms with Crippen molar-refractivity contribution in [1.29, 1.82) is 0 Å². The second-order valence-electron chi connectivity index (χ2n) is 8.39. The number of imidazole rings is 1. The fourth-order valence-corrected chi connectivity index (χ4v) is 3.72. The molecule has 2 aromatic carbocycles. The fourth-order valence-electron chi connectivity index (χ4n) is 3.72. The second kappa shape index (κ2) is 9.71. The number of halogens is 8. The summed E-state index contributed by atoms with van der Waals surface area (Å²) in [6.45, 7) is 0.355. The minimum atomic E-state index is -5.79. The van der Waals surface area contributed by atoms with Crippen molar-refractivity contribution < 1.29 is 44.4 Å². The standard InChI is InChI=1S/C24H15F8N5O2/c25-16-3-1-2-15(20(16)26)21-34-18-9-33-37(11-19(18)35-21)10-14-8-17(36-39-14)12-4-6-13(7-5-12)38-24(31,32)22(27)23(28,29)30/h1-9,22H,10-11H2,(H,34,35). The fraction of sp³-hybridized carbons (Fsp3) is 0.208. The first kappa shape index (κ1) is 26.2. The van der Waals surface area contributed by atoms with Gasteiger partial charge in [0.25, 0.3) is 6.17 Å². The molecule has 7 nitrogen and oxygen atoms in total. The summed E-state index contributed by atoms with van der Waals surface area (Å²) in [5, 5.41) is 9.69. The van der Waals surface area contributed by atoms with Crippen LogP contribution < -0.4 is 4.74 Å². The Hall–Kier alpha value is -4.43. The lowest BCUT2D eigenvalue weighted by atomic mass is 10.1. The molecule has 0 fully saturated rings. The van der Waals surface area contributed by atoms with Crippen LogP contribution in [0, 0.1) is 11.6 Å². The average Bonchev–Trinajstić information content (AvgIpc) is 3.52. The van der Waals surface area contributed by atoms with Gasteiger partial charge in [-0.05, 0) is 36.4 Å². The number of hydrogen-bond acceptors (Lipinski definition) is 6. The van der Waals surface area contributed by atoms with Crippen LogP contribution in [-0.2, 0) is 13.1 Å². The zero-order valence-corrected chi connectivity index (χ0v) is 19.3. The zero-order chi connectivity index (χ0) is 27.9. The summed E-state index contributed by atoms with van der Waals surface area (Å²) in [5.74, 6) is -2.24. The van der Waals surface area contributed by atoms with Gasteiger partial charge in [-0.25, -0.2) is 18.2 Å². The van der Waals surface area contributed by atoms with Gasteiger partial charge < -0.3 is 14.2 Å². The van der Waals surface area contributed by atoms with Gasteiger partial charge in [0.1, 0.15) is 23.0 Å². The number of ether oxygens (including phenoxy) is 1. The Kier molecular flexibility index (Phi) is 6.52. The van der Waals surface area contributed by atoms with Crippen LogP contribution in [-0.4, -0.2) is 44.8 Å². The Morgan fingerprint density at radius 1 is 1.05 bits per heavy atom. The number of fused-ring (bicyclic) bond motifs is 1. The van der Waals surface area contributed by atoms with E-state index in [1.807, 2.05) is 0 Å². The smallest absolute Gasteiger partial charge is 0.430 e. The highest BCUT2D eigenvalue weighted by molar-refractivity contribution is 5.80. The zero-order valence-electron chi connectivity index (χ0n) is 19.3. The molecule has 0 bridgehead atoms. The molecule has 1 atom stereocenters. The highest BCUT2D eigenvalue weighted by atomic mass is 19.4. The van der Waals surface area contributed by atoms with Crippen LogP contribution in [0.5, 0.6) is 5.75 Å². The summed E-state index contributed by atoms with van der Waals surface area (Å²) in [4.78, 5) is 7.20. The second-order valence-corrected chi connectivity index (χ2v) is 8.39. The molecular formula is C24H15F8N5O2. The van der Waals surface area contributed by atoms with Gasteiger partial charge in [0.05, 0.1) is 30.6 Å². The first-order valence-corrected chi connectivity index (χ1v) is 11.1. The predicted molar refractivity (Wildman–Crippen MR) is 119 cm³/mol. The van der Waals surface area contributed by atoms with Crippen molar-refractivity contribution in [2.24, 2.45) is 5.10 Å². The van der Waals surface area contributed by atoms with Crippen LogP contribution in [0.15, 0.2) is 58.2 Å². The van der Waals surface area contributed by atoms with E-state index in [0.717, 1.165) is 18.2 Å². The Labute approximate surface area is 213 Å². The highest BCUT2D eigenvalue weighted by Crippen LogP contribution is 2.37. The largest absolute Gasteiger partial charge is 0.439 e. The van der Waals surface area contributed by atoms with E-state index in [4.69, 9.17) is 4.52 Å². The van der Waals surface area contributed by atoms with Gasteiger partial charge >= 0.3 is 12.3 Å². The van der Waals surface area contributed by atoms with E-state index < -0.39 is 35.8 Å². The molecule has 0 radical (unpaired) electrons. The molecule has 4 aromatic rings. The van der Waals surface area contributed by atoms with Crippen LogP contribution in [0.4, 0.5) is 35.1 Å². The summed E-state index contributed by atoms with van der Waals surface area (Å²) in [5.41, 5.74) is 1.64. The van der Waals surface area contributed by atoms with Crippen molar-refractivity contribution in [3.05, 3.63) is 77.3 Å². The van der Waals surface area contributed by atoms with Crippen molar-refractivity contribution in [1.82, 2.24) is 20.1 Å². The molecule has 3 heterocycles. The lowest BCUT2D eigenvalue weighted by molar-refractivity contribution is -0.304. The number of rotatable bonds is 7. The normalized spacial score (nSPS) is 14.4. The molecule has 15 heteroatoms. The highest BCUT2D eigenvalue weighted by Gasteiger charge is 2.59. The molecule has 1 aliphatic rings. The molecule has 1 unspecified atom stereocenters. The van der Waals surface area contributed by atoms with E-state index >= 15 is 0 Å². The molecule has 5 rings (SSSR count). The van der Waals surface area contributed by atoms with E-state index in [1.54, 1.807) is 5.01 Å². The minimum Gasteiger partial charge on any atom is -0.430 e. The maximum absolute atomic E-state index is 14.1. The van der Waals surface area contributed by atoms with Gasteiger partial charge in [0.15, 0.2) is 17.4 Å². The minimum absolute atomic E-state index is 0.0331. The topological polar surface area (TPSA) is 79.5 Å². The monoisotopic (exact) mass is 557 g/mol. The Balaban J connectivity index is 1.23. The van der Waals surface area contributed by atoms with Crippen LogP contribution in [0.25, 0.3) is 22.6 Å². The van der Waals surface area contributed by atoms with Gasteiger partial charge in [0.2, 0.25) is 0 Å². The van der Waals surface area contributed by atoms with E-state index in [-0.39, 0.29) is 30.2 Å². The molecule has 39 heavy (non-hydrogen) atoms. The third kappa shape index (κ3) is 5.42. The summed E-state index contributed by atoms with van der Waals surface area (Å²) >= 11 is 0. The number of H-pyrrole nitrogens is 1. The molecule has 1 N–H and O–H groups in total. The van der Waals surface area contributed by atoms with Gasteiger partial charge in [-0.1, -0.05) is 11.2 Å². The van der Waals surface area contributed by atoms with Crippen LogP contribution in [0.3, 0.4) is 0 Å². The number of nitrogens with one attached hydrogen (secondary N) is 1. The number of aromatic amines is 1. The van der Waals surface area contributed by atoms with Gasteiger partial charge in [-0.2, -0.15) is 27.1 Å². The number of aromatic nitrogens is 3. The Morgan fingerprint density at radius 2 is 1.79 bits per heavy atom. The SMILES string of the molecule is Fc1cccc(-c2nc3c([nH]2)CN(Cc2cc(-c4ccc(OC(F)(F)C(F)C(F)(F)F)cc4)no2)N=C3)c1F. The van der Waals surface area contributed by atoms with E-state index in [0.29, 0.717) is 22.7 Å². The van der Waals surface area contributed by atoms with Crippen molar-refractivity contribution in [2.45, 2.75) is 31.5 Å². The van der Waals surface area contributed by atoms with Crippen molar-refractivity contribution >= 4 is 6.21 Å². The number of hydrogen-bond donors (Lipinski definition) is 1. The van der Waals surface area contributed by atoms with Gasteiger partial charge in [-0.3, -0.25) is 5.01 Å². The Bertz CT molecular complexity index is 1510. The molecule has 204 valence electrons. The molecule has 0 saturated carbocycles. The Morgan fingerprint density at radius 3 is 2.51 bits per heavy atom. The quantitative estimate of drug-likeness (QED) is 0.273. The summed E-state index contributed by atoms with van der Waals surface area (Å²) in [6, 6.07) is 9.61. The van der Waals surface area contributed by atoms with Crippen LogP contribution in [0.2, 0.25) is 0 Å². The number of hydrazone groups is 1. The molecule has 0 saturated heterocycles. The van der Waals surface area contributed by atoms with Crippen LogP contribution in [0.1, 0.15) is 17.1 Å². The summed E-state index contributed by atoms with van der Waals surface area (Å²) in [6.07, 6.45) is -14.0. The summed E-state index contributed by atoms with van der Waals surface area (Å²) < 4.78 is 114. The number of alkyl halides is 6. The van der Waals surface area contributed by atoms with E-state index in [1.165, 1.54) is 36.5 Å².